The van der Waals surface area contributed by atoms with Crippen LogP contribution in [0.1, 0.15) is 0 Å². The van der Waals surface area contributed by atoms with Gasteiger partial charge in [-0.25, -0.2) is 0 Å². The number of rotatable bonds is 5. The van der Waals surface area contributed by atoms with Crippen molar-refractivity contribution in [2.75, 3.05) is 51.6 Å². The molecule has 8 heteroatoms. The summed E-state index contributed by atoms with van der Waals surface area (Å²) in [4.78, 5) is 4.13. The summed E-state index contributed by atoms with van der Waals surface area (Å²) < 4.78 is 29.6. The molecule has 6 nitrogen and oxygen atoms in total. The Hall–Kier alpha value is 0.790. The van der Waals surface area contributed by atoms with Gasteiger partial charge >= 0.3 is 29.6 Å². The van der Waals surface area contributed by atoms with E-state index in [0.29, 0.717) is 13.1 Å². The van der Waals surface area contributed by atoms with Gasteiger partial charge in [0.15, 0.2) is 0 Å². The van der Waals surface area contributed by atoms with Crippen molar-refractivity contribution in [2.24, 2.45) is 0 Å². The van der Waals surface area contributed by atoms with Gasteiger partial charge in [0, 0.05) is 39.3 Å². The first-order chi connectivity index (χ1) is 7.01. The molecular weight excluding hydrogens is 243 g/mol. The van der Waals surface area contributed by atoms with Gasteiger partial charge in [-0.3, -0.25) is 14.4 Å². The van der Waals surface area contributed by atoms with Gasteiger partial charge in [0.1, 0.15) is 0 Å². The summed E-state index contributed by atoms with van der Waals surface area (Å²) in [5.74, 6) is -0.201. The molecule has 1 saturated heterocycles. The van der Waals surface area contributed by atoms with Gasteiger partial charge < -0.3 is 5.11 Å². The molecule has 16 heavy (non-hydrogen) atoms. The second-order valence-electron chi connectivity index (χ2n) is 3.69. The van der Waals surface area contributed by atoms with E-state index in [1.165, 1.54) is 0 Å². The van der Waals surface area contributed by atoms with Crippen LogP contribution in [0.4, 0.5) is 0 Å². The van der Waals surface area contributed by atoms with Gasteiger partial charge in [0.25, 0.3) is 10.1 Å². The van der Waals surface area contributed by atoms with Crippen molar-refractivity contribution in [3.05, 3.63) is 0 Å². The van der Waals surface area contributed by atoms with Crippen LogP contribution in [-0.4, -0.2) is 109 Å². The fourth-order valence-electron chi connectivity index (χ4n) is 1.62. The zero-order chi connectivity index (χ0) is 11.3. The van der Waals surface area contributed by atoms with Gasteiger partial charge in [-0.1, -0.05) is 0 Å². The molecule has 1 heterocycles. The van der Waals surface area contributed by atoms with Crippen LogP contribution in [0.2, 0.25) is 0 Å². The molecule has 0 atom stereocenters. The third kappa shape index (κ3) is 7.18. The van der Waals surface area contributed by atoms with E-state index in [9.17, 15) is 8.42 Å². The summed E-state index contributed by atoms with van der Waals surface area (Å²) in [6.45, 7) is 4.46. The zero-order valence-corrected chi connectivity index (χ0v) is 9.49. The number of β-amino-alcohol motifs (C(OH)–C–C–N with tert-alkyl or cyclic N) is 1. The number of aliphatic hydroxyl groups is 1. The number of hydrogen-bond acceptors (Lipinski definition) is 5. The third-order valence-electron chi connectivity index (χ3n) is 2.55. The van der Waals surface area contributed by atoms with Gasteiger partial charge in [-0.05, 0) is 0 Å². The molecule has 0 unspecified atom stereocenters. The van der Waals surface area contributed by atoms with Crippen molar-refractivity contribution >= 4 is 39.7 Å². The summed E-state index contributed by atoms with van der Waals surface area (Å²) in [6, 6.07) is 0. The van der Waals surface area contributed by atoms with Crippen LogP contribution in [0, 0.1) is 0 Å². The molecule has 2 N–H and O–H groups in total. The molecule has 0 bridgehead atoms. The molecule has 1 aliphatic heterocycles. The van der Waals surface area contributed by atoms with E-state index in [2.05, 4.69) is 4.90 Å². The summed E-state index contributed by atoms with van der Waals surface area (Å²) in [7, 11) is -3.84. The van der Waals surface area contributed by atoms with E-state index >= 15 is 0 Å². The molecule has 0 aromatic heterocycles. The number of piperazine rings is 1. The molecule has 0 aliphatic carbocycles. The summed E-state index contributed by atoms with van der Waals surface area (Å²) in [5, 5.41) is 8.73. The van der Waals surface area contributed by atoms with Gasteiger partial charge in [0.05, 0.1) is 12.4 Å². The van der Waals surface area contributed by atoms with Crippen LogP contribution < -0.4 is 0 Å². The monoisotopic (exact) mass is 262 g/mol. The fraction of sp³-hybridized carbons (Fsp3) is 1.00. The quantitative estimate of drug-likeness (QED) is 0.434. The normalized spacial score (nSPS) is 19.4. The van der Waals surface area contributed by atoms with E-state index < -0.39 is 10.1 Å². The predicted molar refractivity (Wildman–Crippen MR) is 63.5 cm³/mol. The first kappa shape index (κ1) is 16.8. The van der Waals surface area contributed by atoms with Crippen molar-refractivity contribution < 1.29 is 18.1 Å². The van der Waals surface area contributed by atoms with Gasteiger partial charge in [-0.2, -0.15) is 8.42 Å². The second kappa shape index (κ2) is 7.99. The predicted octanol–water partition coefficient (Wildman–Crippen LogP) is -2.16. The molecule has 0 radical (unpaired) electrons. The average molecular weight is 262 g/mol. The van der Waals surface area contributed by atoms with E-state index in [4.69, 9.17) is 9.66 Å². The topological polar surface area (TPSA) is 81.1 Å². The van der Waals surface area contributed by atoms with Crippen LogP contribution >= 0.6 is 0 Å². The second-order valence-corrected chi connectivity index (χ2v) is 5.27. The molecule has 1 rings (SSSR count). The molecule has 0 amide bonds. The Morgan fingerprint density at radius 2 is 1.44 bits per heavy atom. The van der Waals surface area contributed by atoms with Crippen molar-refractivity contribution in [3.63, 3.8) is 0 Å². The Morgan fingerprint density at radius 3 is 1.81 bits per heavy atom. The van der Waals surface area contributed by atoms with Gasteiger partial charge in [-0.15, -0.1) is 0 Å². The first-order valence-corrected chi connectivity index (χ1v) is 6.63. The van der Waals surface area contributed by atoms with E-state index in [-0.39, 0.29) is 41.9 Å². The van der Waals surface area contributed by atoms with Crippen LogP contribution in [0.25, 0.3) is 0 Å². The molecule has 0 aromatic rings. The van der Waals surface area contributed by atoms with Crippen molar-refractivity contribution in [1.82, 2.24) is 9.80 Å². The Balaban J connectivity index is 0.00000225. The molecule has 1 aliphatic rings. The number of hydrogen-bond donors (Lipinski definition) is 2. The number of nitrogens with zero attached hydrogens (tertiary/aromatic N) is 2. The molecule has 1 fully saturated rings. The van der Waals surface area contributed by atoms with Gasteiger partial charge in [0.2, 0.25) is 0 Å². The Bertz CT molecular complexity index is 278. The van der Waals surface area contributed by atoms with Crippen molar-refractivity contribution in [2.45, 2.75) is 0 Å². The van der Waals surface area contributed by atoms with Crippen molar-refractivity contribution in [1.29, 1.82) is 0 Å². The maximum atomic E-state index is 10.5. The Labute approximate surface area is 119 Å². The van der Waals surface area contributed by atoms with Crippen LogP contribution in [0.5, 0.6) is 0 Å². The SMILES string of the molecule is O=S(=O)(O)CCN1CCN(CCO)CC1.[NaH]. The summed E-state index contributed by atoms with van der Waals surface area (Å²) in [6.07, 6.45) is 0. The fourth-order valence-corrected chi connectivity index (χ4v) is 2.11. The van der Waals surface area contributed by atoms with Crippen LogP contribution in [-0.2, 0) is 10.1 Å². The van der Waals surface area contributed by atoms with E-state index in [1.54, 1.807) is 0 Å². The van der Waals surface area contributed by atoms with Crippen LogP contribution in [0.3, 0.4) is 0 Å². The minimum atomic E-state index is -3.84. The molecule has 0 spiro atoms. The average Bonchev–Trinajstić information content (AvgIpc) is 2.16. The minimum absolute atomic E-state index is 0. The Morgan fingerprint density at radius 1 is 1.00 bits per heavy atom. The molecular formula is C8H19N2NaO4S. The molecule has 0 aromatic carbocycles. The molecule has 92 valence electrons. The maximum absolute atomic E-state index is 10.5. The summed E-state index contributed by atoms with van der Waals surface area (Å²) in [5.41, 5.74) is 0. The number of aliphatic hydroxyl groups excluding tert-OH is 1. The van der Waals surface area contributed by atoms with Crippen LogP contribution in [0.15, 0.2) is 0 Å². The zero-order valence-electron chi connectivity index (χ0n) is 8.67. The molecule has 0 saturated carbocycles. The standard InChI is InChI=1S/C8H18N2O4S.Na.H/c11-7-5-9-1-3-10(4-2-9)6-8-15(12,13)14;;/h11H,1-8H2,(H,12,13,14);;. The summed E-state index contributed by atoms with van der Waals surface area (Å²) >= 11 is 0. The van der Waals surface area contributed by atoms with E-state index in [1.807, 2.05) is 4.90 Å². The van der Waals surface area contributed by atoms with E-state index in [0.717, 1.165) is 26.2 Å². The third-order valence-corrected chi connectivity index (χ3v) is 3.25. The first-order valence-electron chi connectivity index (χ1n) is 5.02. The Kier molecular flexibility index (Phi) is 8.39. The van der Waals surface area contributed by atoms with Crippen molar-refractivity contribution in [3.8, 4) is 0 Å².